The summed E-state index contributed by atoms with van der Waals surface area (Å²) in [6, 6.07) is 0. The van der Waals surface area contributed by atoms with Crippen molar-refractivity contribution in [2.45, 2.75) is 6.92 Å². The summed E-state index contributed by atoms with van der Waals surface area (Å²) >= 11 is 0. The van der Waals surface area contributed by atoms with Crippen molar-refractivity contribution in [2.75, 3.05) is 6.54 Å². The van der Waals surface area contributed by atoms with Crippen LogP contribution in [0.15, 0.2) is 5.22 Å². The summed E-state index contributed by atoms with van der Waals surface area (Å²) in [5.41, 5.74) is 8.04. The molecule has 0 radical (unpaired) electrons. The van der Waals surface area contributed by atoms with Crippen LogP contribution in [0.1, 0.15) is 6.92 Å². The Morgan fingerprint density at radius 2 is 2.20 bits per heavy atom. The maximum absolute atomic E-state index is 10.4. The number of hydrogen-bond acceptors (Lipinski definition) is 4. The molecule has 0 spiro atoms. The van der Waals surface area contributed by atoms with E-state index in [1.807, 2.05) is 5.43 Å². The molecule has 0 rings (SSSR count). The van der Waals surface area contributed by atoms with Crippen LogP contribution in [0.4, 0.5) is 0 Å². The summed E-state index contributed by atoms with van der Waals surface area (Å²) in [6.07, 6.45) is 0. The third-order valence-electron chi connectivity index (χ3n) is 0.678. The van der Waals surface area contributed by atoms with Crippen LogP contribution in [-0.4, -0.2) is 18.4 Å². The second kappa shape index (κ2) is 4.42. The fourth-order valence-electron chi connectivity index (χ4n) is 0.307. The van der Waals surface area contributed by atoms with Gasteiger partial charge in [0.1, 0.15) is 0 Å². The molecular weight excluding hydrogens is 136 g/mol. The Balaban J connectivity index is 3.39. The molecule has 0 atom stereocenters. The van der Waals surface area contributed by atoms with Crippen LogP contribution in [-0.2, 0) is 9.59 Å². The van der Waals surface area contributed by atoms with Crippen molar-refractivity contribution in [2.24, 2.45) is 5.22 Å². The van der Waals surface area contributed by atoms with Gasteiger partial charge in [0.15, 0.2) is 0 Å². The van der Waals surface area contributed by atoms with Crippen molar-refractivity contribution in [3.63, 3.8) is 0 Å². The summed E-state index contributed by atoms with van der Waals surface area (Å²) < 4.78 is 0. The fourth-order valence-corrected chi connectivity index (χ4v) is 0.307. The number of nitrogens with one attached hydrogen (secondary N) is 3. The van der Waals surface area contributed by atoms with Gasteiger partial charge in [0.05, 0.1) is 6.54 Å². The highest BCUT2D eigenvalue weighted by Crippen LogP contribution is 1.64. The minimum absolute atomic E-state index is 0.141. The highest BCUT2D eigenvalue weighted by atomic mass is 16.2. The smallest absolute Gasteiger partial charge is 0.260 e. The van der Waals surface area contributed by atoms with E-state index in [1.165, 1.54) is 6.92 Å². The molecule has 56 valence electrons. The van der Waals surface area contributed by atoms with Gasteiger partial charge in [-0.05, 0) is 0 Å². The molecule has 6 nitrogen and oxygen atoms in total. The minimum atomic E-state index is -0.509. The maximum atomic E-state index is 10.4. The first kappa shape index (κ1) is 8.54. The Morgan fingerprint density at radius 1 is 1.60 bits per heavy atom. The number of nitrogens with zero attached hydrogens (tertiary/aromatic N) is 1. The second-order valence-corrected chi connectivity index (χ2v) is 1.56. The van der Waals surface area contributed by atoms with E-state index >= 15 is 0 Å². The van der Waals surface area contributed by atoms with Gasteiger partial charge in [-0.25, -0.2) is 5.43 Å². The predicted octanol–water partition coefficient (Wildman–Crippen LogP) is -0.815. The monoisotopic (exact) mass is 144 g/mol. The second-order valence-electron chi connectivity index (χ2n) is 1.56. The van der Waals surface area contributed by atoms with Crippen molar-refractivity contribution >= 4 is 11.8 Å². The van der Waals surface area contributed by atoms with Gasteiger partial charge in [0.25, 0.3) is 5.91 Å². The SMILES string of the molecule is CC(=O)NCC(=O)NN=N. The Morgan fingerprint density at radius 3 is 2.60 bits per heavy atom. The fraction of sp³-hybridized carbons (Fsp3) is 0.500. The Kier molecular flexibility index (Phi) is 3.78. The number of amides is 2. The van der Waals surface area contributed by atoms with Gasteiger partial charge < -0.3 is 5.32 Å². The van der Waals surface area contributed by atoms with E-state index in [0.29, 0.717) is 0 Å². The Labute approximate surface area is 57.5 Å². The van der Waals surface area contributed by atoms with E-state index in [4.69, 9.17) is 5.53 Å². The third kappa shape index (κ3) is 4.69. The van der Waals surface area contributed by atoms with Crippen molar-refractivity contribution in [3.8, 4) is 0 Å². The molecule has 0 aliphatic rings. The first-order valence-corrected chi connectivity index (χ1v) is 2.56. The molecule has 10 heavy (non-hydrogen) atoms. The average molecular weight is 144 g/mol. The molecule has 0 aromatic carbocycles. The summed E-state index contributed by atoms with van der Waals surface area (Å²) in [7, 11) is 0. The average Bonchev–Trinajstić information content (AvgIpc) is 1.85. The molecule has 0 aromatic heterocycles. The zero-order valence-corrected chi connectivity index (χ0v) is 5.47. The van der Waals surface area contributed by atoms with Gasteiger partial charge in [-0.15, -0.1) is 0 Å². The molecule has 3 N–H and O–H groups in total. The van der Waals surface area contributed by atoms with Crippen LogP contribution in [0.3, 0.4) is 0 Å². The lowest BCUT2D eigenvalue weighted by Crippen LogP contribution is -2.33. The molecule has 0 fully saturated rings. The molecule has 0 aliphatic heterocycles. The lowest BCUT2D eigenvalue weighted by atomic mass is 10.6. The van der Waals surface area contributed by atoms with Gasteiger partial charge in [0.2, 0.25) is 5.91 Å². The molecule has 0 bridgehead atoms. The number of rotatable bonds is 3. The van der Waals surface area contributed by atoms with E-state index in [9.17, 15) is 9.59 Å². The quantitative estimate of drug-likeness (QED) is 0.356. The van der Waals surface area contributed by atoms with E-state index in [-0.39, 0.29) is 12.5 Å². The molecular formula is C4H8N4O2. The van der Waals surface area contributed by atoms with Gasteiger partial charge in [-0.1, -0.05) is 5.22 Å². The van der Waals surface area contributed by atoms with Crippen molar-refractivity contribution in [3.05, 3.63) is 0 Å². The van der Waals surface area contributed by atoms with Gasteiger partial charge in [-0.3, -0.25) is 9.59 Å². The van der Waals surface area contributed by atoms with Crippen LogP contribution in [0.25, 0.3) is 0 Å². The molecule has 0 unspecified atom stereocenters. The summed E-state index contributed by atoms with van der Waals surface area (Å²) in [5.74, 6) is -0.801. The van der Waals surface area contributed by atoms with Gasteiger partial charge in [-0.2, -0.15) is 5.53 Å². The van der Waals surface area contributed by atoms with Crippen molar-refractivity contribution < 1.29 is 9.59 Å². The largest absolute Gasteiger partial charge is 0.347 e. The van der Waals surface area contributed by atoms with E-state index in [2.05, 4.69) is 10.5 Å². The van der Waals surface area contributed by atoms with Crippen LogP contribution < -0.4 is 10.7 Å². The van der Waals surface area contributed by atoms with Crippen LogP contribution in [0.5, 0.6) is 0 Å². The lowest BCUT2D eigenvalue weighted by Gasteiger charge is -1.97. The molecule has 0 aliphatic carbocycles. The highest BCUT2D eigenvalue weighted by molar-refractivity contribution is 5.83. The van der Waals surface area contributed by atoms with Crippen LogP contribution in [0, 0.1) is 5.53 Å². The van der Waals surface area contributed by atoms with Crippen molar-refractivity contribution in [1.29, 1.82) is 5.53 Å². The van der Waals surface area contributed by atoms with Gasteiger partial charge >= 0.3 is 0 Å². The molecule has 6 heteroatoms. The number of carbonyl (C=O) groups is 2. The van der Waals surface area contributed by atoms with E-state index < -0.39 is 5.91 Å². The summed E-state index contributed by atoms with van der Waals surface area (Å²) in [6.45, 7) is 1.16. The van der Waals surface area contributed by atoms with Crippen LogP contribution >= 0.6 is 0 Å². The molecule has 0 saturated carbocycles. The minimum Gasteiger partial charge on any atom is -0.347 e. The first-order chi connectivity index (χ1) is 4.66. The predicted molar refractivity (Wildman–Crippen MR) is 32.0 cm³/mol. The zero-order chi connectivity index (χ0) is 7.98. The standard InChI is InChI=1S/C4H8N4O2/c1-3(9)6-2-4(10)7-8-5/h2H2,1H3,(H,6,9)(H2,5,7,10). The molecule has 2 amide bonds. The topological polar surface area (TPSA) is 94.4 Å². The lowest BCUT2D eigenvalue weighted by molar-refractivity contribution is -0.125. The van der Waals surface area contributed by atoms with E-state index in [0.717, 1.165) is 0 Å². The molecule has 0 aromatic rings. The summed E-state index contributed by atoms with van der Waals surface area (Å²) in [5, 5.41) is 4.85. The third-order valence-corrected chi connectivity index (χ3v) is 0.678. The first-order valence-electron chi connectivity index (χ1n) is 2.56. The number of hydrogen-bond donors (Lipinski definition) is 3. The zero-order valence-electron chi connectivity index (χ0n) is 5.47. The van der Waals surface area contributed by atoms with Gasteiger partial charge in [0, 0.05) is 6.92 Å². The summed E-state index contributed by atoms with van der Waals surface area (Å²) in [4.78, 5) is 20.6. The maximum Gasteiger partial charge on any atom is 0.260 e. The Hall–Kier alpha value is -1.46. The van der Waals surface area contributed by atoms with Crippen LogP contribution in [0.2, 0.25) is 0 Å². The highest BCUT2D eigenvalue weighted by Gasteiger charge is 1.98. The van der Waals surface area contributed by atoms with Crippen molar-refractivity contribution in [1.82, 2.24) is 10.7 Å². The normalized spacial score (nSPS) is 8.10. The molecule has 0 heterocycles. The molecule has 0 saturated heterocycles. The Bertz CT molecular complexity index is 155. The van der Waals surface area contributed by atoms with E-state index in [1.54, 1.807) is 0 Å². The number of carbonyl (C=O) groups excluding carboxylic acids is 2.